The first-order valence-electron chi connectivity index (χ1n) is 6.58. The zero-order chi connectivity index (χ0) is 14.2. The summed E-state index contributed by atoms with van der Waals surface area (Å²) in [4.78, 5) is 11.3. The van der Waals surface area contributed by atoms with E-state index in [4.69, 9.17) is 0 Å². The molecule has 0 aliphatic heterocycles. The molecule has 0 radical (unpaired) electrons. The maximum absolute atomic E-state index is 11.3. The third kappa shape index (κ3) is 2.78. The van der Waals surface area contributed by atoms with E-state index in [9.17, 15) is 15.0 Å². The highest BCUT2D eigenvalue weighted by molar-refractivity contribution is 9.10. The SMILES string of the molecule is CC(C)(Cc1c(O)c(Br)cc2c1CCCC2)C(=O)O. The standard InChI is InChI=1S/C15H19BrO3/c1-15(2,14(18)19)8-11-10-6-4-3-5-9(10)7-12(16)13(11)17/h7,17H,3-6,8H2,1-2H3,(H,18,19). The van der Waals surface area contributed by atoms with Crippen LogP contribution < -0.4 is 0 Å². The van der Waals surface area contributed by atoms with Crippen LogP contribution in [0.25, 0.3) is 0 Å². The third-order valence-electron chi connectivity index (χ3n) is 3.89. The van der Waals surface area contributed by atoms with Gasteiger partial charge in [-0.2, -0.15) is 0 Å². The summed E-state index contributed by atoms with van der Waals surface area (Å²) < 4.78 is 0.671. The lowest BCUT2D eigenvalue weighted by Crippen LogP contribution is -2.27. The normalized spacial score (nSPS) is 15.1. The van der Waals surface area contributed by atoms with Crippen LogP contribution in [-0.2, 0) is 24.1 Å². The van der Waals surface area contributed by atoms with Gasteiger partial charge in [-0.15, -0.1) is 0 Å². The molecule has 3 nitrogen and oxygen atoms in total. The van der Waals surface area contributed by atoms with E-state index in [0.29, 0.717) is 10.9 Å². The molecular weight excluding hydrogens is 308 g/mol. The average Bonchev–Trinajstić information content (AvgIpc) is 2.34. The number of aryl methyl sites for hydroxylation is 1. The van der Waals surface area contributed by atoms with E-state index in [2.05, 4.69) is 15.9 Å². The van der Waals surface area contributed by atoms with Crippen molar-refractivity contribution in [2.75, 3.05) is 0 Å². The number of carbonyl (C=O) groups is 1. The van der Waals surface area contributed by atoms with Crippen LogP contribution in [0.2, 0.25) is 0 Å². The molecule has 1 aromatic carbocycles. The molecule has 0 heterocycles. The van der Waals surface area contributed by atoms with E-state index in [-0.39, 0.29) is 5.75 Å². The predicted molar refractivity (Wildman–Crippen MR) is 77.6 cm³/mol. The van der Waals surface area contributed by atoms with Crippen molar-refractivity contribution in [1.29, 1.82) is 0 Å². The zero-order valence-electron chi connectivity index (χ0n) is 11.3. The van der Waals surface area contributed by atoms with Gasteiger partial charge in [-0.1, -0.05) is 0 Å². The van der Waals surface area contributed by atoms with Gasteiger partial charge in [0.15, 0.2) is 0 Å². The number of hydrogen-bond acceptors (Lipinski definition) is 2. The van der Waals surface area contributed by atoms with Gasteiger partial charge in [0, 0.05) is 0 Å². The van der Waals surface area contributed by atoms with Crippen LogP contribution in [0.4, 0.5) is 0 Å². The highest BCUT2D eigenvalue weighted by Crippen LogP contribution is 2.39. The average molecular weight is 327 g/mol. The van der Waals surface area contributed by atoms with Crippen LogP contribution in [0.3, 0.4) is 0 Å². The Morgan fingerprint density at radius 2 is 2.00 bits per heavy atom. The van der Waals surface area contributed by atoms with Gasteiger partial charge in [-0.25, -0.2) is 0 Å². The van der Waals surface area contributed by atoms with Gasteiger partial charge in [0.25, 0.3) is 0 Å². The van der Waals surface area contributed by atoms with E-state index >= 15 is 0 Å². The van der Waals surface area contributed by atoms with E-state index < -0.39 is 11.4 Å². The minimum Gasteiger partial charge on any atom is -0.506 e. The lowest BCUT2D eigenvalue weighted by atomic mass is 9.80. The molecule has 1 aliphatic carbocycles. The first-order valence-corrected chi connectivity index (χ1v) is 7.37. The Bertz CT molecular complexity index is 521. The molecule has 2 N–H and O–H groups in total. The summed E-state index contributed by atoms with van der Waals surface area (Å²) in [6.45, 7) is 3.40. The van der Waals surface area contributed by atoms with E-state index in [0.717, 1.165) is 36.8 Å². The Morgan fingerprint density at radius 1 is 1.37 bits per heavy atom. The number of fused-ring (bicyclic) bond motifs is 1. The van der Waals surface area contributed by atoms with Gasteiger partial charge >= 0.3 is 5.97 Å². The second-order valence-corrected chi connectivity index (χ2v) is 6.75. The number of phenols is 1. The number of carboxylic acid groups (broad SMARTS) is 1. The summed E-state index contributed by atoms with van der Waals surface area (Å²) in [6.07, 6.45) is 4.56. The molecule has 0 atom stereocenters. The van der Waals surface area contributed by atoms with Crippen molar-refractivity contribution in [3.63, 3.8) is 0 Å². The summed E-state index contributed by atoms with van der Waals surface area (Å²) in [7, 11) is 0. The van der Waals surface area contributed by atoms with Gasteiger partial charge in [0.05, 0.1) is 9.89 Å². The number of benzene rings is 1. The topological polar surface area (TPSA) is 57.5 Å². The van der Waals surface area contributed by atoms with Gasteiger partial charge < -0.3 is 10.2 Å². The Morgan fingerprint density at radius 3 is 2.63 bits per heavy atom. The second-order valence-electron chi connectivity index (χ2n) is 5.90. The molecule has 0 unspecified atom stereocenters. The first kappa shape index (κ1) is 14.4. The largest absolute Gasteiger partial charge is 0.506 e. The Hall–Kier alpha value is -1.03. The number of hydrogen-bond donors (Lipinski definition) is 2. The molecule has 0 saturated heterocycles. The van der Waals surface area contributed by atoms with Crippen molar-refractivity contribution in [2.45, 2.75) is 46.0 Å². The quantitative estimate of drug-likeness (QED) is 0.890. The van der Waals surface area contributed by atoms with E-state index in [1.165, 1.54) is 5.56 Å². The fourth-order valence-electron chi connectivity index (χ4n) is 2.65. The van der Waals surface area contributed by atoms with Gasteiger partial charge in [-0.05, 0) is 84.6 Å². The summed E-state index contributed by atoms with van der Waals surface area (Å²) in [5, 5.41) is 19.5. The van der Waals surface area contributed by atoms with Gasteiger partial charge in [0.1, 0.15) is 5.75 Å². The molecule has 4 heteroatoms. The zero-order valence-corrected chi connectivity index (χ0v) is 12.9. The number of halogens is 1. The van der Waals surface area contributed by atoms with Crippen LogP contribution in [-0.4, -0.2) is 16.2 Å². The predicted octanol–water partition coefficient (Wildman–Crippen LogP) is 3.69. The fraction of sp³-hybridized carbons (Fsp3) is 0.533. The lowest BCUT2D eigenvalue weighted by Gasteiger charge is -2.26. The number of phenolic OH excluding ortho intramolecular Hbond substituents is 1. The second kappa shape index (κ2) is 5.16. The maximum atomic E-state index is 11.3. The lowest BCUT2D eigenvalue weighted by molar-refractivity contribution is -0.146. The summed E-state index contributed by atoms with van der Waals surface area (Å²) in [6, 6.07) is 1.97. The minimum atomic E-state index is -0.872. The van der Waals surface area contributed by atoms with Crippen molar-refractivity contribution >= 4 is 21.9 Å². The minimum absolute atomic E-state index is 0.204. The summed E-state index contributed by atoms with van der Waals surface area (Å²) in [5.74, 6) is -0.633. The van der Waals surface area contributed by atoms with Gasteiger partial charge in [0.2, 0.25) is 0 Å². The van der Waals surface area contributed by atoms with Crippen molar-refractivity contribution < 1.29 is 15.0 Å². The number of rotatable bonds is 3. The molecule has 0 amide bonds. The van der Waals surface area contributed by atoms with Gasteiger partial charge in [-0.3, -0.25) is 4.79 Å². The van der Waals surface area contributed by atoms with Crippen molar-refractivity contribution in [3.05, 3.63) is 27.2 Å². The van der Waals surface area contributed by atoms with E-state index in [1.807, 2.05) is 6.07 Å². The first-order chi connectivity index (χ1) is 8.83. The van der Waals surface area contributed by atoms with Crippen LogP contribution in [0.5, 0.6) is 5.75 Å². The van der Waals surface area contributed by atoms with Crippen molar-refractivity contribution in [2.24, 2.45) is 5.41 Å². The molecular formula is C15H19BrO3. The molecule has 19 heavy (non-hydrogen) atoms. The van der Waals surface area contributed by atoms with Crippen LogP contribution in [0.1, 0.15) is 43.4 Å². The van der Waals surface area contributed by atoms with Crippen LogP contribution in [0, 0.1) is 5.41 Å². The summed E-state index contributed by atoms with van der Waals surface area (Å²) in [5.41, 5.74) is 2.33. The molecule has 1 aliphatic rings. The molecule has 0 bridgehead atoms. The number of aromatic hydroxyl groups is 1. The van der Waals surface area contributed by atoms with Crippen molar-refractivity contribution in [1.82, 2.24) is 0 Å². The van der Waals surface area contributed by atoms with E-state index in [1.54, 1.807) is 13.8 Å². The monoisotopic (exact) mass is 326 g/mol. The molecule has 0 aromatic heterocycles. The third-order valence-corrected chi connectivity index (χ3v) is 4.49. The molecule has 104 valence electrons. The van der Waals surface area contributed by atoms with Crippen molar-refractivity contribution in [3.8, 4) is 5.75 Å². The molecule has 0 fully saturated rings. The summed E-state index contributed by atoms with van der Waals surface area (Å²) >= 11 is 3.37. The Kier molecular flexibility index (Phi) is 3.90. The molecule has 2 rings (SSSR count). The Labute approximate surface area is 121 Å². The highest BCUT2D eigenvalue weighted by Gasteiger charge is 2.31. The number of aliphatic carboxylic acids is 1. The van der Waals surface area contributed by atoms with Crippen LogP contribution in [0.15, 0.2) is 10.5 Å². The molecule has 0 spiro atoms. The number of carboxylic acids is 1. The smallest absolute Gasteiger partial charge is 0.309 e. The Balaban J connectivity index is 2.49. The fourth-order valence-corrected chi connectivity index (χ4v) is 3.16. The maximum Gasteiger partial charge on any atom is 0.309 e. The molecule has 1 aromatic rings. The molecule has 0 saturated carbocycles. The highest BCUT2D eigenvalue weighted by atomic mass is 79.9. The van der Waals surface area contributed by atoms with Crippen LogP contribution >= 0.6 is 15.9 Å².